The van der Waals surface area contributed by atoms with E-state index in [2.05, 4.69) is 27.8 Å². The second kappa shape index (κ2) is 14.6. The van der Waals surface area contributed by atoms with Crippen LogP contribution >= 0.6 is 0 Å². The fourth-order valence-electron chi connectivity index (χ4n) is 8.28. The molecule has 2 atom stereocenters. The summed E-state index contributed by atoms with van der Waals surface area (Å²) >= 11 is 0. The Labute approximate surface area is 308 Å². The number of halogens is 2. The number of nitrogens with zero attached hydrogens (tertiary/aromatic N) is 6. The van der Waals surface area contributed by atoms with Gasteiger partial charge in [-0.05, 0) is 83.6 Å². The third-order valence-electron chi connectivity index (χ3n) is 10.7. The number of aromatic nitrogens is 3. The molecular formula is C40H46F2N6O5. The minimum absolute atomic E-state index is 0.000768. The van der Waals surface area contributed by atoms with Gasteiger partial charge in [0.05, 0.1) is 17.6 Å². The van der Waals surface area contributed by atoms with Crippen LogP contribution in [0, 0.1) is 29.4 Å². The first kappa shape index (κ1) is 36.6. The van der Waals surface area contributed by atoms with Crippen molar-refractivity contribution < 1.29 is 32.5 Å². The number of carbonyl (C=O) groups is 1. The molecule has 13 heteroatoms. The molecular weight excluding hydrogens is 682 g/mol. The molecule has 4 aromatic rings. The number of piperidine rings is 1. The number of ether oxygens (including phenoxy) is 4. The largest absolute Gasteiger partial charge is 0.468 e. The summed E-state index contributed by atoms with van der Waals surface area (Å²) in [6, 6.07) is 6.57. The molecule has 7 rings (SSSR count). The first-order chi connectivity index (χ1) is 25.4. The number of amides is 1. The molecule has 53 heavy (non-hydrogen) atoms. The maximum absolute atomic E-state index is 17.2. The summed E-state index contributed by atoms with van der Waals surface area (Å²) in [4.78, 5) is 33.1. The van der Waals surface area contributed by atoms with Gasteiger partial charge in [-0.1, -0.05) is 18.4 Å². The zero-order chi connectivity index (χ0) is 37.5. The predicted octanol–water partition coefficient (Wildman–Crippen LogP) is 6.79. The number of likely N-dealkylation sites (tertiary alicyclic amines) is 1. The Morgan fingerprint density at radius 3 is 2.57 bits per heavy atom. The van der Waals surface area contributed by atoms with Gasteiger partial charge in [-0.25, -0.2) is 13.6 Å². The van der Waals surface area contributed by atoms with Gasteiger partial charge in [-0.2, -0.15) is 9.97 Å². The Hall–Kier alpha value is -4.80. The normalized spacial score (nSPS) is 20.8. The molecule has 2 aliphatic heterocycles. The van der Waals surface area contributed by atoms with Crippen LogP contribution in [-0.4, -0.2) is 103 Å². The van der Waals surface area contributed by atoms with Crippen molar-refractivity contribution in [1.82, 2.24) is 24.8 Å². The maximum Gasteiger partial charge on any atom is 0.410 e. The van der Waals surface area contributed by atoms with Crippen molar-refractivity contribution in [3.05, 3.63) is 47.7 Å². The lowest BCUT2D eigenvalue weighted by Crippen LogP contribution is -2.50. The van der Waals surface area contributed by atoms with Gasteiger partial charge in [-0.3, -0.25) is 4.98 Å². The quantitative estimate of drug-likeness (QED) is 0.142. The van der Waals surface area contributed by atoms with Gasteiger partial charge >= 0.3 is 12.1 Å². The highest BCUT2D eigenvalue weighted by atomic mass is 19.1. The molecule has 3 aliphatic rings. The van der Waals surface area contributed by atoms with Crippen LogP contribution in [0.3, 0.4) is 0 Å². The number of rotatable bonds is 8. The number of fused-ring (bicyclic) bond motifs is 3. The highest BCUT2D eigenvalue weighted by Gasteiger charge is 2.47. The molecule has 11 nitrogen and oxygen atoms in total. The van der Waals surface area contributed by atoms with E-state index in [1.54, 1.807) is 23.1 Å². The zero-order valence-corrected chi connectivity index (χ0v) is 31.0. The first-order valence-electron chi connectivity index (χ1n) is 18.2. The molecule has 1 aliphatic carbocycles. The second-order valence-corrected chi connectivity index (χ2v) is 15.3. The van der Waals surface area contributed by atoms with Gasteiger partial charge in [0.25, 0.3) is 0 Å². The average Bonchev–Trinajstić information content (AvgIpc) is 3.58. The van der Waals surface area contributed by atoms with Crippen LogP contribution in [-0.2, 0) is 9.47 Å². The van der Waals surface area contributed by atoms with Gasteiger partial charge in [-0.15, -0.1) is 6.42 Å². The number of anilines is 1. The van der Waals surface area contributed by atoms with E-state index >= 15 is 8.78 Å². The van der Waals surface area contributed by atoms with Crippen LogP contribution in [0.2, 0.25) is 0 Å². The summed E-state index contributed by atoms with van der Waals surface area (Å²) in [6.45, 7) is 8.49. The van der Waals surface area contributed by atoms with E-state index in [9.17, 15) is 4.79 Å². The van der Waals surface area contributed by atoms with Crippen molar-refractivity contribution in [2.45, 2.75) is 64.5 Å². The zero-order valence-electron chi connectivity index (χ0n) is 31.0. The Balaban J connectivity index is 1.32. The number of hydrogen-bond donors (Lipinski definition) is 0. The number of carbonyl (C=O) groups excluding carboxylic acids is 1. The lowest BCUT2D eigenvalue weighted by atomic mass is 9.76. The summed E-state index contributed by atoms with van der Waals surface area (Å²) in [7, 11) is 3.66. The van der Waals surface area contributed by atoms with Crippen molar-refractivity contribution >= 4 is 33.6 Å². The number of benzene rings is 2. The summed E-state index contributed by atoms with van der Waals surface area (Å²) in [5.41, 5.74) is -0.518. The first-order valence-corrected chi connectivity index (χ1v) is 18.2. The lowest BCUT2D eigenvalue weighted by molar-refractivity contribution is 0.0133. The molecule has 0 radical (unpaired) electrons. The standard InChI is InChI=1S/C40H46F2N6O5/c1-7-27-30(41)12-11-25-20-26(52-24-50-6)21-28(32(25)27)34-33(42)35-29(22-43-34)36(47-16-18-48(19-17-47)38(49)53-39(2,3)4)45-37(44-35)51-23-40-13-8-10-31(40)46(5)15-9-14-40/h1,11-12,20-22,31H,8-10,13-19,23-24H2,2-6H3/t31-,40-/m1/s1. The third-order valence-corrected chi connectivity index (χ3v) is 10.7. The molecule has 0 bridgehead atoms. The van der Waals surface area contributed by atoms with Gasteiger partial charge in [0, 0.05) is 61.9 Å². The summed E-state index contributed by atoms with van der Waals surface area (Å²) in [5.74, 6) is 1.90. The van der Waals surface area contributed by atoms with Crippen LogP contribution in [0.15, 0.2) is 30.5 Å². The molecule has 3 fully saturated rings. The Morgan fingerprint density at radius 2 is 1.83 bits per heavy atom. The molecule has 2 aromatic heterocycles. The number of hydrogen-bond acceptors (Lipinski definition) is 10. The van der Waals surface area contributed by atoms with E-state index in [1.165, 1.54) is 19.4 Å². The minimum atomic E-state index is -0.741. The highest BCUT2D eigenvalue weighted by molar-refractivity contribution is 6.03. The van der Waals surface area contributed by atoms with Crippen LogP contribution < -0.4 is 14.4 Å². The van der Waals surface area contributed by atoms with Crippen molar-refractivity contribution in [2.24, 2.45) is 5.41 Å². The molecule has 0 N–H and O–H groups in total. The summed E-state index contributed by atoms with van der Waals surface area (Å²) in [6.07, 6.45) is 12.3. The molecule has 2 aromatic carbocycles. The SMILES string of the molecule is C#Cc1c(F)ccc2cc(OCOC)cc(-c3ncc4c(N5CCN(C(=O)OC(C)(C)C)CC5)nc(OC[C@]56CCC[C@H]5N(C)CCC6)nc4c3F)c12. The molecule has 0 unspecified atom stereocenters. The smallest absolute Gasteiger partial charge is 0.410 e. The van der Waals surface area contributed by atoms with Gasteiger partial charge in [0.2, 0.25) is 0 Å². The molecule has 280 valence electrons. The van der Waals surface area contributed by atoms with Crippen molar-refractivity contribution in [3.63, 3.8) is 0 Å². The highest BCUT2D eigenvalue weighted by Crippen LogP contribution is 2.47. The Bertz CT molecular complexity index is 2080. The molecule has 0 spiro atoms. The second-order valence-electron chi connectivity index (χ2n) is 15.3. The topological polar surface area (TPSA) is 102 Å². The summed E-state index contributed by atoms with van der Waals surface area (Å²) < 4.78 is 55.2. The number of piperazine rings is 1. The van der Waals surface area contributed by atoms with E-state index in [1.807, 2.05) is 25.7 Å². The summed E-state index contributed by atoms with van der Waals surface area (Å²) in [5, 5.41) is 1.24. The van der Waals surface area contributed by atoms with Crippen LogP contribution in [0.4, 0.5) is 19.4 Å². The van der Waals surface area contributed by atoms with E-state index < -0.39 is 17.2 Å². The van der Waals surface area contributed by atoms with Gasteiger partial charge < -0.3 is 33.6 Å². The Kier molecular flexibility index (Phi) is 10.0. The van der Waals surface area contributed by atoms with E-state index in [-0.39, 0.29) is 46.6 Å². The van der Waals surface area contributed by atoms with Crippen molar-refractivity contribution in [1.29, 1.82) is 0 Å². The van der Waals surface area contributed by atoms with E-state index in [0.29, 0.717) is 66.6 Å². The van der Waals surface area contributed by atoms with Crippen molar-refractivity contribution in [3.8, 4) is 35.4 Å². The number of terminal acetylenes is 1. The lowest BCUT2D eigenvalue weighted by Gasteiger charge is -2.44. The predicted molar refractivity (Wildman–Crippen MR) is 198 cm³/mol. The fourth-order valence-corrected chi connectivity index (χ4v) is 8.28. The average molecular weight is 729 g/mol. The fraction of sp³-hybridized carbons (Fsp3) is 0.500. The minimum Gasteiger partial charge on any atom is -0.468 e. The van der Waals surface area contributed by atoms with E-state index in [4.69, 9.17) is 30.4 Å². The number of pyridine rings is 1. The van der Waals surface area contributed by atoms with Crippen LogP contribution in [0.25, 0.3) is 32.9 Å². The molecule has 1 amide bonds. The Morgan fingerprint density at radius 1 is 1.06 bits per heavy atom. The van der Waals surface area contributed by atoms with Crippen LogP contribution in [0.5, 0.6) is 11.8 Å². The van der Waals surface area contributed by atoms with Crippen molar-refractivity contribution in [2.75, 3.05) is 65.2 Å². The molecule has 1 saturated carbocycles. The monoisotopic (exact) mass is 728 g/mol. The maximum atomic E-state index is 17.2. The van der Waals surface area contributed by atoms with Crippen LogP contribution in [0.1, 0.15) is 58.4 Å². The molecule has 2 saturated heterocycles. The van der Waals surface area contributed by atoms with Gasteiger partial charge in [0.1, 0.15) is 34.2 Å². The van der Waals surface area contributed by atoms with Gasteiger partial charge in [0.15, 0.2) is 12.6 Å². The molecule has 4 heterocycles. The van der Waals surface area contributed by atoms with E-state index in [0.717, 1.165) is 38.6 Å². The number of methoxy groups -OCH3 is 1. The third kappa shape index (κ3) is 7.14.